The van der Waals surface area contributed by atoms with Gasteiger partial charge in [-0.3, -0.25) is 9.78 Å². The van der Waals surface area contributed by atoms with E-state index in [1.165, 1.54) is 0 Å². The molecule has 3 N–H and O–H groups in total. The van der Waals surface area contributed by atoms with Crippen molar-refractivity contribution in [1.82, 2.24) is 20.5 Å². The van der Waals surface area contributed by atoms with E-state index in [-0.39, 0.29) is 12.0 Å². The third kappa shape index (κ3) is 6.53. The summed E-state index contributed by atoms with van der Waals surface area (Å²) >= 11 is 12.0. The monoisotopic (exact) mass is 529 g/mol. The van der Waals surface area contributed by atoms with Crippen LogP contribution in [0.5, 0.6) is 5.75 Å². The molecule has 2 aromatic rings. The number of nitrogens with one attached hydrogen (secondary N) is 3. The molecule has 3 heterocycles. The number of carbonyl (C=O) groups is 1. The van der Waals surface area contributed by atoms with Gasteiger partial charge in [-0.25, -0.2) is 0 Å². The molecule has 0 saturated carbocycles. The highest BCUT2D eigenvalue weighted by Gasteiger charge is 2.25. The number of rotatable bonds is 9. The van der Waals surface area contributed by atoms with Gasteiger partial charge in [0.25, 0.3) is 5.91 Å². The predicted octanol–water partition coefficient (Wildman–Crippen LogP) is 3.31. The Morgan fingerprint density at radius 2 is 2.25 bits per heavy atom. The summed E-state index contributed by atoms with van der Waals surface area (Å²) in [6.07, 6.45) is 4.85. The van der Waals surface area contributed by atoms with Crippen molar-refractivity contribution in [3.05, 3.63) is 64.1 Å². The number of halogens is 1. The first-order valence-corrected chi connectivity index (χ1v) is 12.9. The van der Waals surface area contributed by atoms with E-state index in [1.54, 1.807) is 12.4 Å². The number of morpholine rings is 1. The highest BCUT2D eigenvalue weighted by atomic mass is 35.5. The Morgan fingerprint density at radius 1 is 1.39 bits per heavy atom. The lowest BCUT2D eigenvalue weighted by atomic mass is 10.0. The van der Waals surface area contributed by atoms with Crippen molar-refractivity contribution in [2.75, 3.05) is 45.2 Å². The lowest BCUT2D eigenvalue weighted by molar-refractivity contribution is -0.117. The quantitative estimate of drug-likeness (QED) is 0.426. The second kappa shape index (κ2) is 12.5. The highest BCUT2D eigenvalue weighted by molar-refractivity contribution is 7.81. The minimum atomic E-state index is -0.203. The van der Waals surface area contributed by atoms with Crippen LogP contribution in [0.3, 0.4) is 0 Å². The van der Waals surface area contributed by atoms with Gasteiger partial charge < -0.3 is 30.3 Å². The van der Waals surface area contributed by atoms with Gasteiger partial charge in [0, 0.05) is 60.8 Å². The van der Waals surface area contributed by atoms with Crippen molar-refractivity contribution in [1.29, 1.82) is 0 Å². The number of nitrogens with zero attached hydrogens (tertiary/aromatic N) is 2. The highest BCUT2D eigenvalue weighted by Crippen LogP contribution is 2.26. The number of aromatic nitrogens is 1. The number of carbonyl (C=O) groups excluding carboxylic acids is 1. The minimum absolute atomic E-state index is 0.0177. The van der Waals surface area contributed by atoms with E-state index in [4.69, 9.17) is 33.3 Å². The molecule has 2 aliphatic heterocycles. The average molecular weight is 530 g/mol. The molecule has 0 spiro atoms. The molecule has 1 unspecified atom stereocenters. The normalized spacial score (nSPS) is 18.5. The van der Waals surface area contributed by atoms with Crippen molar-refractivity contribution in [3.8, 4) is 5.75 Å². The Hall–Kier alpha value is -2.72. The Balaban J connectivity index is 1.47. The van der Waals surface area contributed by atoms with Gasteiger partial charge in [0.2, 0.25) is 0 Å². The number of hydrogen-bond acceptors (Lipinski definition) is 7. The Labute approximate surface area is 222 Å². The molecule has 0 aliphatic carbocycles. The molecule has 8 nitrogen and oxygen atoms in total. The van der Waals surface area contributed by atoms with Crippen LogP contribution in [0.1, 0.15) is 24.5 Å². The van der Waals surface area contributed by atoms with E-state index in [0.717, 1.165) is 42.0 Å². The minimum Gasteiger partial charge on any atom is -0.489 e. The molecule has 1 fully saturated rings. The number of pyridine rings is 1. The summed E-state index contributed by atoms with van der Waals surface area (Å²) in [5.74, 6) is 0.488. The SMILES string of the molecule is CCc1c(Cl)cccc1NC(=S)C1=C(NCc2ccncc2OCC2CN(C)CCO2)CCNC1=O. The lowest BCUT2D eigenvalue weighted by Gasteiger charge is -2.30. The average Bonchev–Trinajstić information content (AvgIpc) is 2.87. The zero-order chi connectivity index (χ0) is 25.5. The molecule has 1 aromatic carbocycles. The summed E-state index contributed by atoms with van der Waals surface area (Å²) in [7, 11) is 2.08. The fourth-order valence-electron chi connectivity index (χ4n) is 4.33. The Morgan fingerprint density at radius 3 is 3.06 bits per heavy atom. The predicted molar refractivity (Wildman–Crippen MR) is 146 cm³/mol. The zero-order valence-electron chi connectivity index (χ0n) is 20.6. The fourth-order valence-corrected chi connectivity index (χ4v) is 4.96. The molecule has 192 valence electrons. The van der Waals surface area contributed by atoms with Crippen LogP contribution in [0, 0.1) is 0 Å². The number of likely N-dealkylation sites (N-methyl/N-ethyl adjacent to an activating group) is 1. The van der Waals surface area contributed by atoms with Crippen LogP contribution in [0.4, 0.5) is 5.69 Å². The smallest absolute Gasteiger partial charge is 0.256 e. The van der Waals surface area contributed by atoms with Gasteiger partial charge in [0.1, 0.15) is 23.4 Å². The van der Waals surface area contributed by atoms with E-state index < -0.39 is 0 Å². The molecule has 2 aliphatic rings. The maximum absolute atomic E-state index is 12.8. The van der Waals surface area contributed by atoms with Gasteiger partial charge in [-0.1, -0.05) is 36.8 Å². The second-order valence-electron chi connectivity index (χ2n) is 8.84. The number of ether oxygens (including phenoxy) is 2. The van der Waals surface area contributed by atoms with Crippen molar-refractivity contribution in [2.45, 2.75) is 32.4 Å². The van der Waals surface area contributed by atoms with Crippen molar-refractivity contribution in [3.63, 3.8) is 0 Å². The van der Waals surface area contributed by atoms with Gasteiger partial charge in [-0.15, -0.1) is 0 Å². The van der Waals surface area contributed by atoms with Gasteiger partial charge in [-0.05, 0) is 37.2 Å². The standard InChI is InChI=1S/C26H32ClN5O3S/c1-3-19-20(27)5-4-6-21(19)31-26(36)24-22(8-10-29-25(24)33)30-13-17-7-9-28-14-23(17)35-16-18-15-32(2)11-12-34-18/h4-7,9,14,18,30H,3,8,10-13,15-16H2,1-2H3,(H,29,33)(H,31,36). The Bertz CT molecular complexity index is 1140. The first-order valence-electron chi connectivity index (χ1n) is 12.2. The first kappa shape index (κ1) is 26.3. The summed E-state index contributed by atoms with van der Waals surface area (Å²) in [5.41, 5.74) is 3.93. The lowest BCUT2D eigenvalue weighted by Crippen LogP contribution is -2.42. The fraction of sp³-hybridized carbons (Fsp3) is 0.423. The van der Waals surface area contributed by atoms with Crippen molar-refractivity contribution in [2.24, 2.45) is 0 Å². The molecular formula is C26H32ClN5O3S. The number of thiocarbonyl (C=S) groups is 1. The Kier molecular flexibility index (Phi) is 9.14. The van der Waals surface area contributed by atoms with Gasteiger partial charge in [0.15, 0.2) is 0 Å². The summed E-state index contributed by atoms with van der Waals surface area (Å²) < 4.78 is 11.9. The van der Waals surface area contributed by atoms with Crippen LogP contribution >= 0.6 is 23.8 Å². The van der Waals surface area contributed by atoms with Crippen LogP contribution in [0.2, 0.25) is 5.02 Å². The second-order valence-corrected chi connectivity index (χ2v) is 9.65. The zero-order valence-corrected chi connectivity index (χ0v) is 22.2. The van der Waals surface area contributed by atoms with E-state index in [2.05, 4.69) is 32.9 Å². The number of hydrogen-bond donors (Lipinski definition) is 3. The molecule has 1 atom stereocenters. The third-order valence-corrected chi connectivity index (χ3v) is 6.93. The maximum atomic E-state index is 12.8. The van der Waals surface area contributed by atoms with Gasteiger partial charge in [-0.2, -0.15) is 0 Å². The molecule has 10 heteroatoms. The van der Waals surface area contributed by atoms with Crippen molar-refractivity contribution < 1.29 is 14.3 Å². The van der Waals surface area contributed by atoms with E-state index in [1.807, 2.05) is 31.2 Å². The number of anilines is 1. The number of amides is 1. The topological polar surface area (TPSA) is 87.8 Å². The summed E-state index contributed by atoms with van der Waals surface area (Å²) in [5, 5.41) is 10.2. The summed E-state index contributed by atoms with van der Waals surface area (Å²) in [6.45, 7) is 5.95. The van der Waals surface area contributed by atoms with Crippen molar-refractivity contribution >= 4 is 40.4 Å². The molecule has 4 rings (SSSR count). The van der Waals surface area contributed by atoms with E-state index >= 15 is 0 Å². The van der Waals surface area contributed by atoms with Crippen LogP contribution in [0.15, 0.2) is 47.9 Å². The van der Waals surface area contributed by atoms with Crippen LogP contribution in [0.25, 0.3) is 0 Å². The van der Waals surface area contributed by atoms with Crippen LogP contribution < -0.4 is 20.7 Å². The third-order valence-electron chi connectivity index (χ3n) is 6.27. The first-order chi connectivity index (χ1) is 17.5. The van der Waals surface area contributed by atoms with Crippen LogP contribution in [-0.4, -0.2) is 66.8 Å². The van der Waals surface area contributed by atoms with E-state index in [9.17, 15) is 4.79 Å². The summed E-state index contributed by atoms with van der Waals surface area (Å²) in [6, 6.07) is 7.54. The molecular weight excluding hydrogens is 498 g/mol. The summed E-state index contributed by atoms with van der Waals surface area (Å²) in [4.78, 5) is 19.6. The van der Waals surface area contributed by atoms with Gasteiger partial charge in [0.05, 0.1) is 18.4 Å². The molecule has 0 radical (unpaired) electrons. The molecule has 0 bridgehead atoms. The maximum Gasteiger partial charge on any atom is 0.256 e. The van der Waals surface area contributed by atoms with E-state index in [0.29, 0.717) is 54.1 Å². The molecule has 1 aromatic heterocycles. The van der Waals surface area contributed by atoms with Crippen LogP contribution in [-0.2, 0) is 22.5 Å². The molecule has 36 heavy (non-hydrogen) atoms. The largest absolute Gasteiger partial charge is 0.489 e. The van der Waals surface area contributed by atoms with Gasteiger partial charge >= 0.3 is 0 Å². The molecule has 1 amide bonds. The number of benzene rings is 1. The molecule has 1 saturated heterocycles.